The molecule has 2 aromatic heterocycles. The third kappa shape index (κ3) is 3.09. The first-order chi connectivity index (χ1) is 9.70. The molecule has 0 aromatic carbocycles. The third-order valence-corrected chi connectivity index (χ3v) is 3.15. The van der Waals surface area contributed by atoms with E-state index < -0.39 is 5.97 Å². The zero-order valence-electron chi connectivity index (χ0n) is 10.8. The Bertz CT molecular complexity index is 659. The normalized spacial score (nSPS) is 14.8. The highest BCUT2D eigenvalue weighted by Crippen LogP contribution is 2.30. The Morgan fingerprint density at radius 2 is 2.20 bits per heavy atom. The quantitative estimate of drug-likeness (QED) is 0.898. The lowest BCUT2D eigenvalue weighted by Crippen LogP contribution is -1.99. The fourth-order valence-electron chi connectivity index (χ4n) is 1.89. The van der Waals surface area contributed by atoms with Crippen LogP contribution in [0.3, 0.4) is 0 Å². The van der Waals surface area contributed by atoms with Crippen LogP contribution in [0.1, 0.15) is 34.6 Å². The van der Waals surface area contributed by atoms with Crippen LogP contribution in [-0.4, -0.2) is 31.1 Å². The summed E-state index contributed by atoms with van der Waals surface area (Å²) >= 11 is 0. The summed E-state index contributed by atoms with van der Waals surface area (Å²) in [5.41, 5.74) is 1.55. The van der Waals surface area contributed by atoms with Crippen LogP contribution in [0.4, 0.5) is 0 Å². The van der Waals surface area contributed by atoms with E-state index in [-0.39, 0.29) is 5.56 Å². The molecule has 1 fully saturated rings. The molecule has 20 heavy (non-hydrogen) atoms. The topological polar surface area (TPSA) is 80.9 Å². The highest BCUT2D eigenvalue weighted by atomic mass is 16.4. The van der Waals surface area contributed by atoms with E-state index in [0.717, 1.165) is 18.2 Å². The lowest BCUT2D eigenvalue weighted by atomic mass is 10.2. The summed E-state index contributed by atoms with van der Waals surface area (Å²) in [5, 5.41) is 17.0. The lowest BCUT2D eigenvalue weighted by Gasteiger charge is -1.95. The van der Waals surface area contributed by atoms with Gasteiger partial charge in [-0.15, -0.1) is 5.10 Å². The number of carboxylic acids is 1. The van der Waals surface area contributed by atoms with Crippen molar-refractivity contribution in [1.29, 1.82) is 0 Å². The number of pyridine rings is 1. The van der Waals surface area contributed by atoms with Gasteiger partial charge in [0.25, 0.3) is 0 Å². The maximum absolute atomic E-state index is 10.9. The smallest absolute Gasteiger partial charge is 0.335 e. The van der Waals surface area contributed by atoms with Crippen LogP contribution in [-0.2, 0) is 6.54 Å². The van der Waals surface area contributed by atoms with Crippen molar-refractivity contribution in [3.8, 4) is 0 Å². The summed E-state index contributed by atoms with van der Waals surface area (Å²) in [6.07, 6.45) is 9.43. The molecule has 3 rings (SSSR count). The Balaban J connectivity index is 1.70. The predicted molar refractivity (Wildman–Crippen MR) is 72.9 cm³/mol. The predicted octanol–water partition coefficient (Wildman–Crippen LogP) is 1.95. The van der Waals surface area contributed by atoms with Crippen LogP contribution < -0.4 is 0 Å². The number of aromatic carboxylic acids is 1. The van der Waals surface area contributed by atoms with Gasteiger partial charge in [0.05, 0.1) is 17.5 Å². The zero-order chi connectivity index (χ0) is 13.9. The number of nitrogens with zero attached hydrogens (tertiary/aromatic N) is 4. The molecule has 102 valence electrons. The molecule has 0 radical (unpaired) electrons. The first-order valence-electron chi connectivity index (χ1n) is 6.48. The standard InChI is InChI=1S/C14H14N4O2/c19-14(20)11-5-6-15-12(7-11)3-4-13-9-18(17-16-13)8-10-1-2-10/h3-7,9-10H,1-2,8H2,(H,19,20)/b4-3+. The Labute approximate surface area is 115 Å². The Hall–Kier alpha value is -2.50. The highest BCUT2D eigenvalue weighted by Gasteiger charge is 2.22. The van der Waals surface area contributed by atoms with Crippen molar-refractivity contribution in [2.45, 2.75) is 19.4 Å². The van der Waals surface area contributed by atoms with Gasteiger partial charge in [-0.1, -0.05) is 5.21 Å². The molecule has 0 unspecified atom stereocenters. The average molecular weight is 270 g/mol. The Kier molecular flexibility index (Phi) is 3.28. The second kappa shape index (κ2) is 5.24. The minimum Gasteiger partial charge on any atom is -0.478 e. The summed E-state index contributed by atoms with van der Waals surface area (Å²) in [5.74, 6) is -0.208. The van der Waals surface area contributed by atoms with E-state index in [0.29, 0.717) is 5.69 Å². The van der Waals surface area contributed by atoms with Gasteiger partial charge in [-0.05, 0) is 43.0 Å². The van der Waals surface area contributed by atoms with Gasteiger partial charge in [0.2, 0.25) is 0 Å². The number of hydrogen-bond donors (Lipinski definition) is 1. The molecule has 2 aromatic rings. The monoisotopic (exact) mass is 270 g/mol. The summed E-state index contributed by atoms with van der Waals surface area (Å²) in [7, 11) is 0. The number of hydrogen-bond acceptors (Lipinski definition) is 4. The molecule has 6 heteroatoms. The fourth-order valence-corrected chi connectivity index (χ4v) is 1.89. The number of aromatic nitrogens is 4. The van der Waals surface area contributed by atoms with Crippen molar-refractivity contribution in [2.24, 2.45) is 5.92 Å². The lowest BCUT2D eigenvalue weighted by molar-refractivity contribution is 0.0696. The Morgan fingerprint density at radius 1 is 1.40 bits per heavy atom. The van der Waals surface area contributed by atoms with Gasteiger partial charge in [-0.2, -0.15) is 0 Å². The van der Waals surface area contributed by atoms with E-state index in [9.17, 15) is 4.79 Å². The van der Waals surface area contributed by atoms with Crippen LogP contribution in [0.5, 0.6) is 0 Å². The van der Waals surface area contributed by atoms with Gasteiger partial charge in [0.15, 0.2) is 0 Å². The first kappa shape index (κ1) is 12.5. The van der Waals surface area contributed by atoms with E-state index in [2.05, 4.69) is 15.3 Å². The number of carbonyl (C=O) groups is 1. The van der Waals surface area contributed by atoms with E-state index in [1.165, 1.54) is 31.2 Å². The minimum absolute atomic E-state index is 0.219. The minimum atomic E-state index is -0.961. The van der Waals surface area contributed by atoms with Crippen LogP contribution >= 0.6 is 0 Å². The van der Waals surface area contributed by atoms with Gasteiger partial charge >= 0.3 is 5.97 Å². The summed E-state index contributed by atoms with van der Waals surface area (Å²) in [6, 6.07) is 2.99. The molecule has 0 spiro atoms. The molecule has 1 N–H and O–H groups in total. The maximum Gasteiger partial charge on any atom is 0.335 e. The molecule has 0 atom stereocenters. The summed E-state index contributed by atoms with van der Waals surface area (Å²) in [6.45, 7) is 0.924. The maximum atomic E-state index is 10.9. The van der Waals surface area contributed by atoms with Crippen molar-refractivity contribution in [3.63, 3.8) is 0 Å². The van der Waals surface area contributed by atoms with E-state index in [1.807, 2.05) is 10.9 Å². The first-order valence-corrected chi connectivity index (χ1v) is 6.48. The largest absolute Gasteiger partial charge is 0.478 e. The zero-order valence-corrected chi connectivity index (χ0v) is 10.8. The summed E-state index contributed by atoms with van der Waals surface area (Å²) in [4.78, 5) is 15.0. The van der Waals surface area contributed by atoms with E-state index in [4.69, 9.17) is 5.11 Å². The van der Waals surface area contributed by atoms with Crippen LogP contribution in [0.15, 0.2) is 24.5 Å². The second-order valence-electron chi connectivity index (χ2n) is 4.92. The molecule has 1 aliphatic rings. The SMILES string of the molecule is O=C(O)c1ccnc(/C=C/c2cn(CC3CC3)nn2)c1. The van der Waals surface area contributed by atoms with Crippen molar-refractivity contribution in [1.82, 2.24) is 20.0 Å². The van der Waals surface area contributed by atoms with Gasteiger partial charge in [0.1, 0.15) is 5.69 Å². The molecule has 0 aliphatic heterocycles. The van der Waals surface area contributed by atoms with Crippen molar-refractivity contribution in [2.75, 3.05) is 0 Å². The van der Waals surface area contributed by atoms with Crippen LogP contribution in [0, 0.1) is 5.92 Å². The van der Waals surface area contributed by atoms with E-state index >= 15 is 0 Å². The fraction of sp³-hybridized carbons (Fsp3) is 0.286. The van der Waals surface area contributed by atoms with Gasteiger partial charge in [0, 0.05) is 12.7 Å². The van der Waals surface area contributed by atoms with Crippen LogP contribution in [0.25, 0.3) is 12.2 Å². The van der Waals surface area contributed by atoms with Crippen molar-refractivity contribution < 1.29 is 9.90 Å². The Morgan fingerprint density at radius 3 is 2.95 bits per heavy atom. The molecule has 0 amide bonds. The third-order valence-electron chi connectivity index (χ3n) is 3.15. The molecule has 1 saturated carbocycles. The molecule has 0 bridgehead atoms. The average Bonchev–Trinajstić information content (AvgIpc) is 3.14. The van der Waals surface area contributed by atoms with Gasteiger partial charge in [-0.3, -0.25) is 9.67 Å². The van der Waals surface area contributed by atoms with Crippen molar-refractivity contribution >= 4 is 18.1 Å². The summed E-state index contributed by atoms with van der Waals surface area (Å²) < 4.78 is 1.85. The highest BCUT2D eigenvalue weighted by molar-refractivity contribution is 5.88. The van der Waals surface area contributed by atoms with Gasteiger partial charge in [-0.25, -0.2) is 4.79 Å². The molecule has 2 heterocycles. The second-order valence-corrected chi connectivity index (χ2v) is 4.92. The molecular weight excluding hydrogens is 256 g/mol. The molecule has 1 aliphatic carbocycles. The number of carboxylic acid groups (broad SMARTS) is 1. The van der Waals surface area contributed by atoms with E-state index in [1.54, 1.807) is 12.2 Å². The number of rotatable bonds is 5. The van der Waals surface area contributed by atoms with Crippen LogP contribution in [0.2, 0.25) is 0 Å². The molecular formula is C14H14N4O2. The molecule has 6 nitrogen and oxygen atoms in total. The van der Waals surface area contributed by atoms with Crippen molar-refractivity contribution in [3.05, 3.63) is 41.5 Å². The van der Waals surface area contributed by atoms with Gasteiger partial charge < -0.3 is 5.11 Å². The molecule has 0 saturated heterocycles.